The molecule has 2 N–H and O–H groups in total. The van der Waals surface area contributed by atoms with E-state index in [0.717, 1.165) is 22.3 Å². The fraction of sp³-hybridized carbons (Fsp3) is 0.160. The van der Waals surface area contributed by atoms with Crippen LogP contribution in [0.3, 0.4) is 0 Å². The van der Waals surface area contributed by atoms with Gasteiger partial charge in [0.25, 0.3) is 0 Å². The molecule has 0 radical (unpaired) electrons. The Labute approximate surface area is 176 Å². The lowest BCUT2D eigenvalue weighted by Gasteiger charge is -2.46. The molecule has 0 aliphatic carbocycles. The van der Waals surface area contributed by atoms with Crippen molar-refractivity contribution in [2.45, 2.75) is 18.4 Å². The SMILES string of the molecule is CN1C(=N)N[C@](C)(c2cccc(C#N)c2)C(c2ccc(-c3ccccc3)cc2)C1=O. The van der Waals surface area contributed by atoms with Crippen LogP contribution in [-0.4, -0.2) is 23.8 Å². The molecule has 1 aliphatic heterocycles. The number of likely N-dealkylation sites (N-methyl/N-ethyl adjacent to an activating group) is 1. The number of hydrogen-bond donors (Lipinski definition) is 2. The van der Waals surface area contributed by atoms with Gasteiger partial charge < -0.3 is 5.32 Å². The molecule has 1 unspecified atom stereocenters. The van der Waals surface area contributed by atoms with Gasteiger partial charge in [0.2, 0.25) is 5.91 Å². The smallest absolute Gasteiger partial charge is 0.239 e. The molecule has 1 saturated heterocycles. The fourth-order valence-electron chi connectivity index (χ4n) is 4.08. The van der Waals surface area contributed by atoms with Gasteiger partial charge >= 0.3 is 0 Å². The first kappa shape index (κ1) is 19.4. The monoisotopic (exact) mass is 394 g/mol. The molecule has 1 aliphatic rings. The van der Waals surface area contributed by atoms with Gasteiger partial charge in [-0.3, -0.25) is 15.1 Å². The Hall–Kier alpha value is -3.91. The molecular formula is C25H22N4O. The van der Waals surface area contributed by atoms with Crippen molar-refractivity contribution in [3.8, 4) is 17.2 Å². The summed E-state index contributed by atoms with van der Waals surface area (Å²) in [5, 5.41) is 20.8. The molecule has 0 saturated carbocycles. The second kappa shape index (κ2) is 7.49. The number of nitriles is 1. The van der Waals surface area contributed by atoms with Crippen molar-refractivity contribution in [3.63, 3.8) is 0 Å². The van der Waals surface area contributed by atoms with E-state index in [9.17, 15) is 10.1 Å². The number of nitrogens with one attached hydrogen (secondary N) is 2. The maximum Gasteiger partial charge on any atom is 0.239 e. The predicted molar refractivity (Wildman–Crippen MR) is 117 cm³/mol. The highest BCUT2D eigenvalue weighted by Crippen LogP contribution is 2.41. The number of amides is 1. The Bertz CT molecular complexity index is 1150. The van der Waals surface area contributed by atoms with Crippen molar-refractivity contribution in [2.24, 2.45) is 0 Å². The van der Waals surface area contributed by atoms with Crippen molar-refractivity contribution in [3.05, 3.63) is 95.6 Å². The molecule has 0 aromatic heterocycles. The minimum Gasteiger partial charge on any atom is -0.346 e. The van der Waals surface area contributed by atoms with Gasteiger partial charge in [-0.05, 0) is 41.3 Å². The zero-order valence-electron chi connectivity index (χ0n) is 16.9. The zero-order valence-corrected chi connectivity index (χ0v) is 16.9. The van der Waals surface area contributed by atoms with Crippen molar-refractivity contribution in [1.29, 1.82) is 10.7 Å². The van der Waals surface area contributed by atoms with E-state index in [1.165, 1.54) is 4.90 Å². The fourth-order valence-corrected chi connectivity index (χ4v) is 4.08. The third-order valence-corrected chi connectivity index (χ3v) is 5.81. The lowest BCUT2D eigenvalue weighted by molar-refractivity contribution is -0.131. The van der Waals surface area contributed by atoms with E-state index in [-0.39, 0.29) is 11.9 Å². The first-order valence-corrected chi connectivity index (χ1v) is 9.74. The lowest BCUT2D eigenvalue weighted by atomic mass is 9.73. The summed E-state index contributed by atoms with van der Waals surface area (Å²) >= 11 is 0. The summed E-state index contributed by atoms with van der Waals surface area (Å²) in [5.74, 6) is -0.659. The Morgan fingerprint density at radius 2 is 1.67 bits per heavy atom. The minimum absolute atomic E-state index is 0.0435. The highest BCUT2D eigenvalue weighted by Gasteiger charge is 2.48. The molecule has 5 nitrogen and oxygen atoms in total. The molecule has 2 atom stereocenters. The van der Waals surface area contributed by atoms with Gasteiger partial charge in [0, 0.05) is 7.05 Å². The van der Waals surface area contributed by atoms with Crippen LogP contribution in [0.1, 0.15) is 29.5 Å². The van der Waals surface area contributed by atoms with Crippen molar-refractivity contribution >= 4 is 11.9 Å². The summed E-state index contributed by atoms with van der Waals surface area (Å²) in [4.78, 5) is 14.7. The van der Waals surface area contributed by atoms with Crippen LogP contribution in [0.4, 0.5) is 0 Å². The highest BCUT2D eigenvalue weighted by atomic mass is 16.2. The molecule has 30 heavy (non-hydrogen) atoms. The Morgan fingerprint density at radius 3 is 2.33 bits per heavy atom. The number of carbonyl (C=O) groups excluding carboxylic acids is 1. The predicted octanol–water partition coefficient (Wildman–Crippen LogP) is 4.22. The van der Waals surface area contributed by atoms with Crippen LogP contribution >= 0.6 is 0 Å². The Balaban J connectivity index is 1.80. The van der Waals surface area contributed by atoms with E-state index in [0.29, 0.717) is 5.56 Å². The second-order valence-corrected chi connectivity index (χ2v) is 7.69. The van der Waals surface area contributed by atoms with Crippen LogP contribution in [0, 0.1) is 16.7 Å². The van der Waals surface area contributed by atoms with E-state index in [1.54, 1.807) is 19.2 Å². The molecule has 5 heteroatoms. The van der Waals surface area contributed by atoms with Gasteiger partial charge in [0.05, 0.1) is 23.1 Å². The van der Waals surface area contributed by atoms with Gasteiger partial charge in [0.1, 0.15) is 0 Å². The van der Waals surface area contributed by atoms with Crippen LogP contribution < -0.4 is 5.32 Å². The van der Waals surface area contributed by atoms with Gasteiger partial charge in [-0.25, -0.2) is 0 Å². The lowest BCUT2D eigenvalue weighted by Crippen LogP contribution is -2.62. The summed E-state index contributed by atoms with van der Waals surface area (Å²) in [5.41, 5.74) is 3.50. The third kappa shape index (κ3) is 3.23. The largest absolute Gasteiger partial charge is 0.346 e. The van der Waals surface area contributed by atoms with Crippen molar-refractivity contribution < 1.29 is 4.79 Å². The van der Waals surface area contributed by atoms with E-state index in [2.05, 4.69) is 23.5 Å². The molecule has 1 amide bonds. The van der Waals surface area contributed by atoms with Gasteiger partial charge in [0.15, 0.2) is 5.96 Å². The standard InChI is InChI=1S/C25H22N4O/c1-25(21-10-6-7-17(15-21)16-26)22(23(30)29(2)24(27)28-25)20-13-11-19(12-14-20)18-8-4-3-5-9-18/h3-15,22H,1-2H3,(H2,27,28)/t22?,25-/m1/s1. The van der Waals surface area contributed by atoms with Crippen LogP contribution in [0.25, 0.3) is 11.1 Å². The van der Waals surface area contributed by atoms with E-state index < -0.39 is 11.5 Å². The van der Waals surface area contributed by atoms with Crippen molar-refractivity contribution in [2.75, 3.05) is 7.05 Å². The van der Waals surface area contributed by atoms with Crippen LogP contribution in [0.15, 0.2) is 78.9 Å². The number of hydrogen-bond acceptors (Lipinski definition) is 3. The number of benzene rings is 3. The first-order valence-electron chi connectivity index (χ1n) is 9.74. The van der Waals surface area contributed by atoms with Gasteiger partial charge in [-0.2, -0.15) is 5.26 Å². The maximum absolute atomic E-state index is 13.3. The third-order valence-electron chi connectivity index (χ3n) is 5.81. The maximum atomic E-state index is 13.3. The van der Waals surface area contributed by atoms with E-state index in [1.807, 2.05) is 61.5 Å². The number of carbonyl (C=O) groups is 1. The van der Waals surface area contributed by atoms with Crippen LogP contribution in [-0.2, 0) is 10.3 Å². The highest BCUT2D eigenvalue weighted by molar-refractivity contribution is 6.02. The quantitative estimate of drug-likeness (QED) is 0.698. The second-order valence-electron chi connectivity index (χ2n) is 7.69. The van der Waals surface area contributed by atoms with Gasteiger partial charge in [-0.15, -0.1) is 0 Å². The first-order chi connectivity index (χ1) is 14.4. The summed E-state index contributed by atoms with van der Waals surface area (Å²) in [7, 11) is 1.61. The van der Waals surface area contributed by atoms with Crippen LogP contribution in [0.2, 0.25) is 0 Å². The molecule has 0 spiro atoms. The van der Waals surface area contributed by atoms with Crippen molar-refractivity contribution in [1.82, 2.24) is 10.2 Å². The zero-order chi connectivity index (χ0) is 21.3. The topological polar surface area (TPSA) is 80.0 Å². The number of nitrogens with zero attached hydrogens (tertiary/aromatic N) is 2. The Morgan fingerprint density at radius 1 is 1.00 bits per heavy atom. The molecule has 4 rings (SSSR count). The molecule has 1 heterocycles. The normalized spacial score (nSPS) is 21.1. The molecule has 1 fully saturated rings. The molecule has 3 aromatic rings. The number of rotatable bonds is 3. The van der Waals surface area contributed by atoms with Gasteiger partial charge in [-0.1, -0.05) is 66.7 Å². The van der Waals surface area contributed by atoms with Crippen LogP contribution in [0.5, 0.6) is 0 Å². The minimum atomic E-state index is -0.859. The molecular weight excluding hydrogens is 372 g/mol. The Kier molecular flexibility index (Phi) is 4.85. The molecule has 3 aromatic carbocycles. The van der Waals surface area contributed by atoms with E-state index >= 15 is 0 Å². The molecule has 0 bridgehead atoms. The number of guanidine groups is 1. The summed E-state index contributed by atoms with van der Waals surface area (Å²) in [6, 6.07) is 27.4. The van der Waals surface area contributed by atoms with E-state index in [4.69, 9.17) is 5.41 Å². The summed E-state index contributed by atoms with van der Waals surface area (Å²) < 4.78 is 0. The summed E-state index contributed by atoms with van der Waals surface area (Å²) in [6.45, 7) is 1.92. The summed E-state index contributed by atoms with van der Waals surface area (Å²) in [6.07, 6.45) is 0. The average molecular weight is 394 g/mol. The molecule has 148 valence electrons. The average Bonchev–Trinajstić information content (AvgIpc) is 2.79.